The van der Waals surface area contributed by atoms with Crippen LogP contribution in [0.2, 0.25) is 0 Å². The number of methoxy groups -OCH3 is 1. The predicted molar refractivity (Wildman–Crippen MR) is 88.9 cm³/mol. The van der Waals surface area contributed by atoms with E-state index in [1.807, 2.05) is 12.1 Å². The number of rotatable bonds is 9. The lowest BCUT2D eigenvalue weighted by Crippen LogP contribution is -2.27. The summed E-state index contributed by atoms with van der Waals surface area (Å²) in [6, 6.07) is 8.65. The molecule has 3 nitrogen and oxygen atoms in total. The van der Waals surface area contributed by atoms with Crippen molar-refractivity contribution in [2.24, 2.45) is 5.41 Å². The van der Waals surface area contributed by atoms with Crippen LogP contribution >= 0.6 is 0 Å². The minimum Gasteiger partial charge on any atom is -0.491 e. The Morgan fingerprint density at radius 2 is 1.86 bits per heavy atom. The molecule has 0 heterocycles. The van der Waals surface area contributed by atoms with Crippen molar-refractivity contribution in [3.63, 3.8) is 0 Å². The first-order valence-electron chi connectivity index (χ1n) is 7.92. The predicted octanol–water partition coefficient (Wildman–Crippen LogP) is 4.19. The second-order valence-corrected chi connectivity index (χ2v) is 6.65. The Morgan fingerprint density at radius 1 is 1.14 bits per heavy atom. The van der Waals surface area contributed by atoms with Gasteiger partial charge in [-0.3, -0.25) is 0 Å². The summed E-state index contributed by atoms with van der Waals surface area (Å²) in [7, 11) is 1.69. The number of ether oxygens (including phenoxy) is 2. The highest BCUT2D eigenvalue weighted by Crippen LogP contribution is 2.34. The summed E-state index contributed by atoms with van der Waals surface area (Å²) in [5.74, 6) is 0.965. The van der Waals surface area contributed by atoms with Crippen molar-refractivity contribution in [3.8, 4) is 5.75 Å². The van der Waals surface area contributed by atoms with Crippen LogP contribution in [-0.2, 0) is 4.74 Å². The second-order valence-electron chi connectivity index (χ2n) is 6.65. The molecule has 0 bridgehead atoms. The van der Waals surface area contributed by atoms with E-state index in [0.717, 1.165) is 25.1 Å². The molecular formula is C18H31NO2. The third-order valence-corrected chi connectivity index (χ3v) is 3.30. The first-order chi connectivity index (χ1) is 9.98. The largest absolute Gasteiger partial charge is 0.491 e. The highest BCUT2D eigenvalue weighted by molar-refractivity contribution is 5.36. The minimum absolute atomic E-state index is 0.269. The van der Waals surface area contributed by atoms with Crippen molar-refractivity contribution in [2.45, 2.75) is 46.6 Å². The minimum atomic E-state index is 0.269. The molecule has 0 saturated heterocycles. The molecule has 0 spiro atoms. The molecule has 0 aromatic heterocycles. The summed E-state index contributed by atoms with van der Waals surface area (Å²) >= 11 is 0. The Kier molecular flexibility index (Phi) is 7.76. The fraction of sp³-hybridized carbons (Fsp3) is 0.667. The lowest BCUT2D eigenvalue weighted by Gasteiger charge is -2.28. The molecular weight excluding hydrogens is 262 g/mol. The van der Waals surface area contributed by atoms with Gasteiger partial charge in [0.25, 0.3) is 0 Å². The SMILES string of the molecule is CCCNC(CC(C)(C)C)c1ccccc1OCCOC. The zero-order valence-electron chi connectivity index (χ0n) is 14.2. The molecule has 0 radical (unpaired) electrons. The van der Waals surface area contributed by atoms with Crippen LogP contribution in [-0.4, -0.2) is 26.9 Å². The number of para-hydroxylation sites is 1. The highest BCUT2D eigenvalue weighted by atomic mass is 16.5. The zero-order valence-corrected chi connectivity index (χ0v) is 14.2. The van der Waals surface area contributed by atoms with Crippen LogP contribution in [0.5, 0.6) is 5.75 Å². The van der Waals surface area contributed by atoms with Crippen LogP contribution in [0.1, 0.15) is 52.1 Å². The molecule has 0 aliphatic carbocycles. The molecule has 0 aliphatic rings. The molecule has 120 valence electrons. The standard InChI is InChI=1S/C18H31NO2/c1-6-11-19-16(14-18(2,3)4)15-9-7-8-10-17(15)21-13-12-20-5/h7-10,16,19H,6,11-14H2,1-5H3. The Hall–Kier alpha value is -1.06. The first-order valence-corrected chi connectivity index (χ1v) is 7.92. The number of benzene rings is 1. The average molecular weight is 293 g/mol. The van der Waals surface area contributed by atoms with Gasteiger partial charge in [-0.05, 0) is 30.9 Å². The van der Waals surface area contributed by atoms with Gasteiger partial charge in [-0.1, -0.05) is 45.9 Å². The van der Waals surface area contributed by atoms with Gasteiger partial charge in [0, 0.05) is 18.7 Å². The fourth-order valence-electron chi connectivity index (χ4n) is 2.36. The topological polar surface area (TPSA) is 30.5 Å². The van der Waals surface area contributed by atoms with E-state index in [9.17, 15) is 0 Å². The van der Waals surface area contributed by atoms with Gasteiger partial charge in [0.05, 0.1) is 6.61 Å². The van der Waals surface area contributed by atoms with Gasteiger partial charge in [-0.15, -0.1) is 0 Å². The fourth-order valence-corrected chi connectivity index (χ4v) is 2.36. The quantitative estimate of drug-likeness (QED) is 0.693. The van der Waals surface area contributed by atoms with Gasteiger partial charge in [0.2, 0.25) is 0 Å². The van der Waals surface area contributed by atoms with Gasteiger partial charge < -0.3 is 14.8 Å². The van der Waals surface area contributed by atoms with Gasteiger partial charge in [0.15, 0.2) is 0 Å². The van der Waals surface area contributed by atoms with Gasteiger partial charge in [-0.2, -0.15) is 0 Å². The van der Waals surface area contributed by atoms with E-state index >= 15 is 0 Å². The van der Waals surface area contributed by atoms with E-state index < -0.39 is 0 Å². The second kappa shape index (κ2) is 9.06. The average Bonchev–Trinajstić information content (AvgIpc) is 2.43. The number of nitrogens with one attached hydrogen (secondary N) is 1. The molecule has 3 heteroatoms. The van der Waals surface area contributed by atoms with Crippen molar-refractivity contribution < 1.29 is 9.47 Å². The smallest absolute Gasteiger partial charge is 0.124 e. The molecule has 21 heavy (non-hydrogen) atoms. The van der Waals surface area contributed by atoms with Gasteiger partial charge in [-0.25, -0.2) is 0 Å². The Bertz CT molecular complexity index is 398. The van der Waals surface area contributed by atoms with Crippen LogP contribution in [0.3, 0.4) is 0 Å². The maximum absolute atomic E-state index is 5.89. The van der Waals surface area contributed by atoms with E-state index in [1.165, 1.54) is 5.56 Å². The van der Waals surface area contributed by atoms with E-state index in [2.05, 4.69) is 45.1 Å². The molecule has 0 fully saturated rings. The van der Waals surface area contributed by atoms with Crippen molar-refractivity contribution in [3.05, 3.63) is 29.8 Å². The Labute approximate surface area is 130 Å². The van der Waals surface area contributed by atoms with E-state index in [4.69, 9.17) is 9.47 Å². The van der Waals surface area contributed by atoms with Crippen LogP contribution in [0.15, 0.2) is 24.3 Å². The zero-order chi connectivity index (χ0) is 15.7. The summed E-state index contributed by atoms with van der Waals surface area (Å²) in [4.78, 5) is 0. The van der Waals surface area contributed by atoms with Crippen molar-refractivity contribution in [2.75, 3.05) is 26.9 Å². The molecule has 1 atom stereocenters. The monoisotopic (exact) mass is 293 g/mol. The van der Waals surface area contributed by atoms with Crippen LogP contribution in [0, 0.1) is 5.41 Å². The van der Waals surface area contributed by atoms with Crippen LogP contribution in [0.25, 0.3) is 0 Å². The molecule has 1 unspecified atom stereocenters. The first kappa shape index (κ1) is 18.0. The Balaban J connectivity index is 2.88. The van der Waals surface area contributed by atoms with E-state index in [0.29, 0.717) is 19.3 Å². The number of hydrogen-bond acceptors (Lipinski definition) is 3. The lowest BCUT2D eigenvalue weighted by molar-refractivity contribution is 0.145. The molecule has 1 N–H and O–H groups in total. The molecule has 0 aliphatic heterocycles. The summed E-state index contributed by atoms with van der Waals surface area (Å²) in [5, 5.41) is 3.66. The van der Waals surface area contributed by atoms with Crippen molar-refractivity contribution >= 4 is 0 Å². The van der Waals surface area contributed by atoms with Crippen molar-refractivity contribution in [1.82, 2.24) is 5.32 Å². The molecule has 1 rings (SSSR count). The third-order valence-electron chi connectivity index (χ3n) is 3.30. The van der Waals surface area contributed by atoms with E-state index in [1.54, 1.807) is 7.11 Å². The molecule has 0 saturated carbocycles. The summed E-state index contributed by atoms with van der Waals surface area (Å²) in [6.45, 7) is 11.3. The van der Waals surface area contributed by atoms with E-state index in [-0.39, 0.29) is 5.41 Å². The highest BCUT2D eigenvalue weighted by Gasteiger charge is 2.22. The molecule has 1 aromatic rings. The summed E-state index contributed by atoms with van der Waals surface area (Å²) in [6.07, 6.45) is 2.21. The lowest BCUT2D eigenvalue weighted by atomic mass is 9.85. The number of hydrogen-bond donors (Lipinski definition) is 1. The Morgan fingerprint density at radius 3 is 2.48 bits per heavy atom. The molecule has 0 amide bonds. The van der Waals surface area contributed by atoms with Crippen LogP contribution in [0.4, 0.5) is 0 Å². The summed E-state index contributed by atoms with van der Waals surface area (Å²) < 4.78 is 11.0. The van der Waals surface area contributed by atoms with Crippen LogP contribution < -0.4 is 10.1 Å². The molecule has 1 aromatic carbocycles. The summed E-state index contributed by atoms with van der Waals surface area (Å²) in [5.41, 5.74) is 1.52. The van der Waals surface area contributed by atoms with Crippen molar-refractivity contribution in [1.29, 1.82) is 0 Å². The normalized spacial score (nSPS) is 13.2. The maximum atomic E-state index is 5.89. The van der Waals surface area contributed by atoms with Gasteiger partial charge in [0.1, 0.15) is 12.4 Å². The third kappa shape index (κ3) is 6.96. The maximum Gasteiger partial charge on any atom is 0.124 e. The van der Waals surface area contributed by atoms with Gasteiger partial charge >= 0.3 is 0 Å².